The summed E-state index contributed by atoms with van der Waals surface area (Å²) in [5.74, 6) is 0.913. The lowest BCUT2D eigenvalue weighted by Gasteiger charge is -2.37. The molecule has 0 unspecified atom stereocenters. The number of benzene rings is 5. The molecule has 44 heavy (non-hydrogen) atoms. The average molecular weight is 577 g/mol. The Morgan fingerprint density at radius 1 is 0.705 bits per heavy atom. The Bertz CT molecular complexity index is 1990. The second-order valence-corrected chi connectivity index (χ2v) is 12.1. The lowest BCUT2D eigenvalue weighted by Crippen LogP contribution is -2.49. The van der Waals surface area contributed by atoms with Crippen LogP contribution in [0.3, 0.4) is 0 Å². The maximum atomic E-state index is 10.4. The minimum Gasteiger partial charge on any atom is -0.427 e. The van der Waals surface area contributed by atoms with Crippen molar-refractivity contribution in [2.45, 2.75) is 38.9 Å². The second-order valence-electron chi connectivity index (χ2n) is 12.1. The Morgan fingerprint density at radius 2 is 1.27 bits per heavy atom. The molecule has 1 heterocycles. The highest BCUT2D eigenvalue weighted by molar-refractivity contribution is 6.47. The van der Waals surface area contributed by atoms with Crippen LogP contribution >= 0.6 is 0 Å². The molecule has 6 rings (SSSR count). The van der Waals surface area contributed by atoms with Gasteiger partial charge in [0.25, 0.3) is 0 Å². The van der Waals surface area contributed by atoms with Crippen molar-refractivity contribution in [3.8, 4) is 22.3 Å². The largest absolute Gasteiger partial charge is 0.427 e. The summed E-state index contributed by atoms with van der Waals surface area (Å²) in [4.78, 5) is 9.66. The van der Waals surface area contributed by atoms with E-state index in [0.717, 1.165) is 38.7 Å². The van der Waals surface area contributed by atoms with Crippen molar-refractivity contribution < 1.29 is 9.76 Å². The molecular formula is C38H35BN3O2. The average Bonchev–Trinajstić information content (AvgIpc) is 3.03. The number of nitrogens with two attached hydrogens (primary N) is 1. The van der Waals surface area contributed by atoms with Gasteiger partial charge in [0, 0.05) is 22.9 Å². The van der Waals surface area contributed by atoms with Gasteiger partial charge in [-0.2, -0.15) is 0 Å². The molecule has 0 bridgehead atoms. The number of aliphatic imine (C=N–C) groups is 1. The Kier molecular flexibility index (Phi) is 7.81. The SMILES string of the molecule is CC(C)(O)C(C)(C)O[B]c1ccc(C(N)=Nc2ncc(-c3ccc4ccccc4c3)cc2-c2ccc3ccccc3c2)cc1. The first-order valence-electron chi connectivity index (χ1n) is 14.7. The van der Waals surface area contributed by atoms with Crippen molar-refractivity contribution in [1.29, 1.82) is 0 Å². The Hall–Kier alpha value is -4.78. The summed E-state index contributed by atoms with van der Waals surface area (Å²) >= 11 is 0. The van der Waals surface area contributed by atoms with Gasteiger partial charge in [-0.15, -0.1) is 0 Å². The van der Waals surface area contributed by atoms with Gasteiger partial charge < -0.3 is 15.5 Å². The van der Waals surface area contributed by atoms with Crippen LogP contribution in [-0.4, -0.2) is 34.6 Å². The number of hydrogen-bond acceptors (Lipinski definition) is 4. The molecule has 0 amide bonds. The van der Waals surface area contributed by atoms with Gasteiger partial charge in [0.05, 0.1) is 11.2 Å². The molecule has 0 saturated carbocycles. The van der Waals surface area contributed by atoms with Gasteiger partial charge in [-0.1, -0.05) is 103 Å². The number of aromatic nitrogens is 1. The van der Waals surface area contributed by atoms with E-state index in [2.05, 4.69) is 78.9 Å². The van der Waals surface area contributed by atoms with Crippen LogP contribution in [0, 0.1) is 0 Å². The first-order chi connectivity index (χ1) is 21.1. The molecule has 0 saturated heterocycles. The van der Waals surface area contributed by atoms with Crippen molar-refractivity contribution in [3.63, 3.8) is 0 Å². The van der Waals surface area contributed by atoms with Crippen LogP contribution in [0.2, 0.25) is 0 Å². The second kappa shape index (κ2) is 11.7. The smallest absolute Gasteiger partial charge is 0.330 e. The van der Waals surface area contributed by atoms with Gasteiger partial charge in [-0.25, -0.2) is 9.98 Å². The molecule has 1 radical (unpaired) electrons. The fourth-order valence-corrected chi connectivity index (χ4v) is 4.91. The van der Waals surface area contributed by atoms with Crippen molar-refractivity contribution in [3.05, 3.63) is 127 Å². The Labute approximate surface area is 259 Å². The lowest BCUT2D eigenvalue weighted by molar-refractivity contribution is -0.0893. The quantitative estimate of drug-likeness (QED) is 0.111. The summed E-state index contributed by atoms with van der Waals surface area (Å²) in [6, 6.07) is 39.3. The molecule has 0 aliphatic rings. The number of rotatable bonds is 8. The summed E-state index contributed by atoms with van der Waals surface area (Å²) < 4.78 is 5.90. The maximum Gasteiger partial charge on any atom is 0.330 e. The van der Waals surface area contributed by atoms with E-state index < -0.39 is 11.2 Å². The number of fused-ring (bicyclic) bond motifs is 2. The van der Waals surface area contributed by atoms with Crippen LogP contribution in [-0.2, 0) is 4.65 Å². The number of pyridine rings is 1. The van der Waals surface area contributed by atoms with Gasteiger partial charge >= 0.3 is 7.48 Å². The Balaban J connectivity index is 1.36. The van der Waals surface area contributed by atoms with E-state index in [9.17, 15) is 5.11 Å². The molecule has 217 valence electrons. The fourth-order valence-electron chi connectivity index (χ4n) is 4.91. The summed E-state index contributed by atoms with van der Waals surface area (Å²) in [6.07, 6.45) is 1.86. The molecule has 0 fully saturated rings. The minimum atomic E-state index is -1.000. The molecule has 0 aliphatic carbocycles. The van der Waals surface area contributed by atoms with Gasteiger partial charge in [-0.05, 0) is 78.6 Å². The molecule has 0 atom stereocenters. The van der Waals surface area contributed by atoms with Crippen LogP contribution in [0.1, 0.15) is 33.3 Å². The number of hydrogen-bond donors (Lipinski definition) is 2. The number of nitrogens with zero attached hydrogens (tertiary/aromatic N) is 2. The summed E-state index contributed by atoms with van der Waals surface area (Å²) in [5, 5.41) is 15.1. The fraction of sp³-hybridized carbons (Fsp3) is 0.158. The zero-order valence-electron chi connectivity index (χ0n) is 25.5. The van der Waals surface area contributed by atoms with Crippen LogP contribution < -0.4 is 11.2 Å². The molecule has 6 heteroatoms. The van der Waals surface area contributed by atoms with Crippen molar-refractivity contribution in [2.24, 2.45) is 10.7 Å². The predicted molar refractivity (Wildman–Crippen MR) is 184 cm³/mol. The molecule has 0 spiro atoms. The van der Waals surface area contributed by atoms with Crippen LogP contribution in [0.4, 0.5) is 5.82 Å². The summed E-state index contributed by atoms with van der Waals surface area (Å²) in [5.41, 5.74) is 10.4. The highest BCUT2D eigenvalue weighted by atomic mass is 16.5. The van der Waals surface area contributed by atoms with Gasteiger partial charge in [-0.3, -0.25) is 0 Å². The van der Waals surface area contributed by atoms with Gasteiger partial charge in [0.2, 0.25) is 0 Å². The normalized spacial score (nSPS) is 12.5. The first-order valence-corrected chi connectivity index (χ1v) is 14.7. The molecule has 3 N–H and O–H groups in total. The summed E-state index contributed by atoms with van der Waals surface area (Å²) in [6.45, 7) is 7.17. The molecule has 0 aliphatic heterocycles. The zero-order chi connectivity index (χ0) is 30.9. The number of amidine groups is 1. The van der Waals surface area contributed by atoms with E-state index in [1.807, 2.05) is 56.4 Å². The molecular weight excluding hydrogens is 541 g/mol. The third-order valence-electron chi connectivity index (χ3n) is 8.41. The Morgan fingerprint density at radius 3 is 1.89 bits per heavy atom. The van der Waals surface area contributed by atoms with Crippen LogP contribution in [0.5, 0.6) is 0 Å². The standard InChI is InChI=1S/C38H35BN3O2/c1-37(2,43)38(3,4)44-39-33-19-17-27(18-20-33)35(40)42-36-34(31-16-14-26-10-6-8-12-29(26)22-31)23-32(24-41-36)30-15-13-25-9-5-7-11-28(25)21-30/h5-24,43H,1-4H3,(H2,40,41,42). The van der Waals surface area contributed by atoms with Gasteiger partial charge in [0.1, 0.15) is 5.84 Å². The van der Waals surface area contributed by atoms with E-state index in [0.29, 0.717) is 11.7 Å². The minimum absolute atomic E-state index is 0.363. The van der Waals surface area contributed by atoms with E-state index in [4.69, 9.17) is 20.4 Å². The monoisotopic (exact) mass is 576 g/mol. The molecule has 1 aromatic heterocycles. The van der Waals surface area contributed by atoms with E-state index in [1.165, 1.54) is 16.2 Å². The van der Waals surface area contributed by atoms with Crippen molar-refractivity contribution >= 4 is 46.1 Å². The maximum absolute atomic E-state index is 10.4. The van der Waals surface area contributed by atoms with Crippen molar-refractivity contribution in [1.82, 2.24) is 4.98 Å². The molecule has 5 nitrogen and oxygen atoms in total. The summed E-state index contributed by atoms with van der Waals surface area (Å²) in [7, 11) is 1.65. The van der Waals surface area contributed by atoms with Gasteiger partial charge in [0.15, 0.2) is 5.82 Å². The third kappa shape index (κ3) is 6.14. The molecule has 5 aromatic carbocycles. The first kappa shape index (κ1) is 29.3. The molecule has 6 aromatic rings. The van der Waals surface area contributed by atoms with E-state index in [-0.39, 0.29) is 0 Å². The van der Waals surface area contributed by atoms with E-state index >= 15 is 0 Å². The predicted octanol–water partition coefficient (Wildman–Crippen LogP) is 7.57. The number of aliphatic hydroxyl groups is 1. The highest BCUT2D eigenvalue weighted by Gasteiger charge is 2.35. The van der Waals surface area contributed by atoms with Crippen molar-refractivity contribution in [2.75, 3.05) is 0 Å². The van der Waals surface area contributed by atoms with Crippen LogP contribution in [0.15, 0.2) is 126 Å². The topological polar surface area (TPSA) is 80.7 Å². The highest BCUT2D eigenvalue weighted by Crippen LogP contribution is 2.35. The van der Waals surface area contributed by atoms with E-state index in [1.54, 1.807) is 21.3 Å². The third-order valence-corrected chi connectivity index (χ3v) is 8.41. The lowest BCUT2D eigenvalue weighted by atomic mass is 9.82. The zero-order valence-corrected chi connectivity index (χ0v) is 25.5. The van der Waals surface area contributed by atoms with Crippen LogP contribution in [0.25, 0.3) is 43.8 Å².